The van der Waals surface area contributed by atoms with Crippen LogP contribution in [0.25, 0.3) is 44.7 Å². The lowest BCUT2D eigenvalue weighted by Crippen LogP contribution is -2.44. The summed E-state index contributed by atoms with van der Waals surface area (Å²) in [5, 5.41) is 15.2. The van der Waals surface area contributed by atoms with Gasteiger partial charge < -0.3 is 25.4 Å². The zero-order valence-corrected chi connectivity index (χ0v) is 23.2. The monoisotopic (exact) mass is 550 g/mol. The van der Waals surface area contributed by atoms with E-state index in [1.54, 1.807) is 12.4 Å². The molecule has 0 unspecified atom stereocenters. The number of aromatic nitrogens is 6. The van der Waals surface area contributed by atoms with E-state index in [1.807, 2.05) is 24.4 Å². The molecule has 2 saturated heterocycles. The molecule has 0 radical (unpaired) electrons. The summed E-state index contributed by atoms with van der Waals surface area (Å²) < 4.78 is 0. The van der Waals surface area contributed by atoms with Crippen molar-refractivity contribution in [2.75, 3.05) is 56.5 Å². The number of aromatic amines is 2. The second-order valence-corrected chi connectivity index (χ2v) is 11.1. The molecule has 4 N–H and O–H groups in total. The molecule has 5 aromatic rings. The van der Waals surface area contributed by atoms with E-state index in [4.69, 9.17) is 4.98 Å². The van der Waals surface area contributed by atoms with Crippen LogP contribution in [0.15, 0.2) is 48.9 Å². The van der Waals surface area contributed by atoms with Crippen LogP contribution in [0.3, 0.4) is 0 Å². The molecule has 2 aliphatic heterocycles. The summed E-state index contributed by atoms with van der Waals surface area (Å²) in [4.78, 5) is 34.9. The van der Waals surface area contributed by atoms with Crippen LogP contribution in [0, 0.1) is 5.92 Å². The number of piperazine rings is 1. The summed E-state index contributed by atoms with van der Waals surface area (Å²) in [6, 6.07) is 10.1. The third-order valence-electron chi connectivity index (χ3n) is 8.27. The molecule has 0 bridgehead atoms. The number of pyridine rings is 3. The lowest BCUT2D eigenvalue weighted by molar-refractivity contribution is -0.117. The quantitative estimate of drug-likeness (QED) is 0.252. The predicted octanol–water partition coefficient (Wildman–Crippen LogP) is 3.64. The van der Waals surface area contributed by atoms with Crippen molar-refractivity contribution in [3.8, 4) is 22.6 Å². The molecule has 0 spiro atoms. The lowest BCUT2D eigenvalue weighted by Gasteiger charge is -2.34. The maximum absolute atomic E-state index is 12.7. The Bertz CT molecular complexity index is 1690. The third-order valence-corrected chi connectivity index (χ3v) is 8.27. The van der Waals surface area contributed by atoms with Crippen molar-refractivity contribution in [2.45, 2.75) is 19.3 Å². The van der Waals surface area contributed by atoms with E-state index < -0.39 is 0 Å². The number of anilines is 2. The first-order chi connectivity index (χ1) is 20.1. The Labute approximate surface area is 237 Å². The van der Waals surface area contributed by atoms with E-state index in [9.17, 15) is 4.79 Å². The van der Waals surface area contributed by atoms with Gasteiger partial charge in [0.2, 0.25) is 5.91 Å². The van der Waals surface area contributed by atoms with Gasteiger partial charge in [-0.3, -0.25) is 14.9 Å². The van der Waals surface area contributed by atoms with Gasteiger partial charge in [-0.1, -0.05) is 0 Å². The van der Waals surface area contributed by atoms with Gasteiger partial charge in [-0.25, -0.2) is 9.97 Å². The molecule has 0 aliphatic carbocycles. The maximum Gasteiger partial charge on any atom is 0.224 e. The number of nitrogens with zero attached hydrogens (tertiary/aromatic N) is 6. The van der Waals surface area contributed by atoms with Gasteiger partial charge in [0.15, 0.2) is 0 Å². The van der Waals surface area contributed by atoms with Gasteiger partial charge in [0.1, 0.15) is 16.9 Å². The van der Waals surface area contributed by atoms with Gasteiger partial charge in [-0.15, -0.1) is 0 Å². The third kappa shape index (κ3) is 5.25. The Morgan fingerprint density at radius 3 is 2.78 bits per heavy atom. The number of H-pyrrole nitrogens is 2. The highest BCUT2D eigenvalue weighted by molar-refractivity contribution is 5.98. The first kappa shape index (κ1) is 25.6. The van der Waals surface area contributed by atoms with Gasteiger partial charge in [0.25, 0.3) is 0 Å². The van der Waals surface area contributed by atoms with E-state index in [1.165, 1.54) is 5.69 Å². The zero-order chi connectivity index (χ0) is 27.8. The molecule has 2 fully saturated rings. The Morgan fingerprint density at radius 2 is 1.93 bits per heavy atom. The molecule has 2 aliphatic rings. The number of hydrogen-bond donors (Lipinski definition) is 4. The number of carbonyl (C=O) groups is 1. The average Bonchev–Trinajstić information content (AvgIpc) is 3.62. The minimum Gasteiger partial charge on any atom is -0.368 e. The highest BCUT2D eigenvalue weighted by atomic mass is 16.1. The summed E-state index contributed by atoms with van der Waals surface area (Å²) in [5.41, 5.74) is 7.48. The fraction of sp³-hybridized carbons (Fsp3) is 0.367. The topological polar surface area (TPSA) is 131 Å². The fourth-order valence-electron chi connectivity index (χ4n) is 5.92. The maximum atomic E-state index is 12.7. The SMILES string of the molecule is CN1CCN(c2ccnc3[nH]c(-c4n[nH]c5ccc(-c6cncc(NC(=O)CC7CCNCC7)c6)nc45)cc23)CC1. The Hall–Kier alpha value is -4.35. The molecule has 7 heterocycles. The number of nitrogens with one attached hydrogen (secondary N) is 4. The van der Waals surface area contributed by atoms with E-state index in [0.29, 0.717) is 18.0 Å². The number of carbonyl (C=O) groups excluding carboxylic acids is 1. The smallest absolute Gasteiger partial charge is 0.224 e. The molecule has 1 amide bonds. The van der Waals surface area contributed by atoms with Crippen LogP contribution in [-0.4, -0.2) is 87.3 Å². The highest BCUT2D eigenvalue weighted by Crippen LogP contribution is 2.33. The number of piperidine rings is 1. The molecule has 5 aromatic heterocycles. The molecular weight excluding hydrogens is 516 g/mol. The first-order valence-corrected chi connectivity index (χ1v) is 14.3. The molecule has 11 heteroatoms. The van der Waals surface area contributed by atoms with Crippen molar-refractivity contribution in [1.29, 1.82) is 0 Å². The summed E-state index contributed by atoms with van der Waals surface area (Å²) in [6.45, 7) is 6.00. The van der Waals surface area contributed by atoms with Crippen molar-refractivity contribution >= 4 is 39.3 Å². The Kier molecular flexibility index (Phi) is 6.81. The molecule has 210 valence electrons. The van der Waals surface area contributed by atoms with Crippen LogP contribution in [0.4, 0.5) is 11.4 Å². The fourth-order valence-corrected chi connectivity index (χ4v) is 5.92. The van der Waals surface area contributed by atoms with Crippen LogP contribution in [0.1, 0.15) is 19.3 Å². The van der Waals surface area contributed by atoms with Gasteiger partial charge >= 0.3 is 0 Å². The van der Waals surface area contributed by atoms with Crippen LogP contribution in [0.2, 0.25) is 0 Å². The molecule has 0 saturated carbocycles. The number of likely N-dealkylation sites (N-methyl/N-ethyl adjacent to an activating group) is 1. The van der Waals surface area contributed by atoms with E-state index in [2.05, 4.69) is 64.8 Å². The van der Waals surface area contributed by atoms with Crippen LogP contribution < -0.4 is 15.5 Å². The lowest BCUT2D eigenvalue weighted by atomic mass is 9.94. The van der Waals surface area contributed by atoms with Crippen LogP contribution in [0.5, 0.6) is 0 Å². The normalized spacial score (nSPS) is 17.0. The Balaban J connectivity index is 1.16. The Morgan fingerprint density at radius 1 is 1.07 bits per heavy atom. The molecule has 41 heavy (non-hydrogen) atoms. The molecule has 0 atom stereocenters. The van der Waals surface area contributed by atoms with E-state index >= 15 is 0 Å². The van der Waals surface area contributed by atoms with Crippen LogP contribution in [-0.2, 0) is 4.79 Å². The highest BCUT2D eigenvalue weighted by Gasteiger charge is 2.20. The van der Waals surface area contributed by atoms with Gasteiger partial charge in [-0.05, 0) is 69.2 Å². The van der Waals surface area contributed by atoms with Gasteiger partial charge in [-0.2, -0.15) is 5.10 Å². The minimum atomic E-state index is 0.0275. The van der Waals surface area contributed by atoms with E-state index in [0.717, 1.165) is 96.8 Å². The summed E-state index contributed by atoms with van der Waals surface area (Å²) >= 11 is 0. The minimum absolute atomic E-state index is 0.0275. The zero-order valence-electron chi connectivity index (χ0n) is 23.2. The number of rotatable bonds is 6. The summed E-state index contributed by atoms with van der Waals surface area (Å²) in [5.74, 6) is 0.452. The standard InChI is InChI=1S/C30H34N10O/c1-39-10-12-40(13-11-39)26-6-9-33-30-22(26)16-25(36-30)29-28-24(37-38-29)3-2-23(35-28)20-15-21(18-32-17-20)34-27(41)14-19-4-7-31-8-5-19/h2-3,6,9,15-19,31H,4-5,7-8,10-14H2,1H3,(H,33,36)(H,34,41)(H,37,38). The second-order valence-electron chi connectivity index (χ2n) is 11.1. The molecule has 0 aromatic carbocycles. The van der Waals surface area contributed by atoms with Gasteiger partial charge in [0.05, 0.1) is 28.8 Å². The second kappa shape index (κ2) is 10.9. The van der Waals surface area contributed by atoms with E-state index in [-0.39, 0.29) is 5.91 Å². The summed E-state index contributed by atoms with van der Waals surface area (Å²) in [7, 11) is 2.16. The average molecular weight is 551 g/mol. The largest absolute Gasteiger partial charge is 0.368 e. The molecule has 7 rings (SSSR count). The molecule has 11 nitrogen and oxygen atoms in total. The van der Waals surface area contributed by atoms with Crippen molar-refractivity contribution < 1.29 is 4.79 Å². The van der Waals surface area contributed by atoms with Gasteiger partial charge in [0, 0.05) is 61.6 Å². The van der Waals surface area contributed by atoms with Crippen molar-refractivity contribution in [2.24, 2.45) is 5.92 Å². The van der Waals surface area contributed by atoms with Crippen LogP contribution >= 0.6 is 0 Å². The van der Waals surface area contributed by atoms with Crippen molar-refractivity contribution in [3.05, 3.63) is 48.9 Å². The predicted molar refractivity (Wildman–Crippen MR) is 161 cm³/mol. The first-order valence-electron chi connectivity index (χ1n) is 14.3. The number of amides is 1. The van der Waals surface area contributed by atoms with Crippen molar-refractivity contribution in [1.82, 2.24) is 40.3 Å². The van der Waals surface area contributed by atoms with Crippen molar-refractivity contribution in [3.63, 3.8) is 0 Å². The number of fused-ring (bicyclic) bond motifs is 2. The molecular formula is C30H34N10O. The summed E-state index contributed by atoms with van der Waals surface area (Å²) in [6.07, 6.45) is 7.91. The number of hydrogen-bond acceptors (Lipinski definition) is 8.